The molecular formula is C122H156B2N6O12. The molecular weight excluding hydrogens is 1760 g/mol. The van der Waals surface area contributed by atoms with Crippen LogP contribution in [-0.4, -0.2) is 146 Å². The van der Waals surface area contributed by atoms with Gasteiger partial charge < -0.3 is 65.9 Å². The van der Waals surface area contributed by atoms with Crippen molar-refractivity contribution in [3.05, 3.63) is 239 Å². The number of nitrogens with zero attached hydrogens (tertiary/aromatic N) is 6. The van der Waals surface area contributed by atoms with Crippen LogP contribution in [0.5, 0.6) is 46.0 Å². The van der Waals surface area contributed by atoms with Gasteiger partial charge >= 0.3 is 13.9 Å². The Bertz CT molecular complexity index is 5900. The highest BCUT2D eigenvalue weighted by atomic mass is 16.9. The minimum absolute atomic E-state index is 0.259. The summed E-state index contributed by atoms with van der Waals surface area (Å²) in [6.45, 7) is 61.5. The number of likely N-dealkylation sites (N-methyl/N-ethyl adjacent to an activating group) is 2. The first kappa shape index (κ1) is 105. The van der Waals surface area contributed by atoms with E-state index in [0.29, 0.717) is 94.1 Å². The highest BCUT2D eigenvalue weighted by Crippen LogP contribution is 2.59. The monoisotopic (exact) mass is 1920 g/mol. The minimum Gasteiger partial charge on any atom is -0.611 e. The summed E-state index contributed by atoms with van der Waals surface area (Å²) in [6, 6.07) is 61.4. The fourth-order valence-electron chi connectivity index (χ4n) is 19.7. The van der Waals surface area contributed by atoms with Gasteiger partial charge in [-0.05, 0) is 283 Å². The van der Waals surface area contributed by atoms with Crippen molar-refractivity contribution in [1.29, 1.82) is 0 Å². The summed E-state index contributed by atoms with van der Waals surface area (Å²) in [5.74, 6) is 4.15. The van der Waals surface area contributed by atoms with E-state index in [-0.39, 0.29) is 43.3 Å². The Morgan fingerprint density at radius 2 is 0.465 bits per heavy atom. The minimum atomic E-state index is -3.42. The molecule has 2 spiro atoms. The fourth-order valence-corrected chi connectivity index (χ4v) is 19.7. The maximum Gasteiger partial charge on any atom is 0.777 e. The predicted octanol–water partition coefficient (Wildman–Crippen LogP) is 28.5. The van der Waals surface area contributed by atoms with Gasteiger partial charge in [0.15, 0.2) is 0 Å². The van der Waals surface area contributed by atoms with E-state index in [1.54, 1.807) is 0 Å². The Morgan fingerprint density at radius 3 is 0.627 bits per heavy atom. The lowest BCUT2D eigenvalue weighted by molar-refractivity contribution is -0.902. The summed E-state index contributed by atoms with van der Waals surface area (Å²) in [5.41, 5.74) is 21.6. The van der Waals surface area contributed by atoms with E-state index in [0.717, 1.165) is 169 Å². The smallest absolute Gasteiger partial charge is 0.611 e. The van der Waals surface area contributed by atoms with Gasteiger partial charge in [-0.25, -0.2) is 0 Å². The van der Waals surface area contributed by atoms with Gasteiger partial charge in [0, 0.05) is 144 Å². The van der Waals surface area contributed by atoms with Crippen LogP contribution in [0, 0.1) is 0 Å². The molecule has 2 fully saturated rings. The molecule has 11 heterocycles. The molecule has 7 aliphatic heterocycles. The number of aromatic nitrogens is 4. The summed E-state index contributed by atoms with van der Waals surface area (Å²) in [6.07, 6.45) is 12.4. The highest BCUT2D eigenvalue weighted by molar-refractivity contribution is 6.59. The molecule has 2 N–H and O–H groups in total. The molecule has 14 bridgehead atoms. The molecule has 7 aliphatic rings. The van der Waals surface area contributed by atoms with Crippen molar-refractivity contribution in [2.24, 2.45) is 0 Å². The fraction of sp³-hybridized carbons (Fsp3) is 0.443. The second-order valence-corrected chi connectivity index (χ2v) is 48.8. The van der Waals surface area contributed by atoms with E-state index < -0.39 is 13.9 Å². The van der Waals surface area contributed by atoms with Crippen molar-refractivity contribution in [3.8, 4) is 158 Å². The molecule has 8 aromatic carbocycles. The van der Waals surface area contributed by atoms with Gasteiger partial charge in [0.25, 0.3) is 0 Å². The van der Waals surface area contributed by atoms with Crippen LogP contribution in [0.3, 0.4) is 0 Å². The van der Waals surface area contributed by atoms with E-state index in [1.807, 2.05) is 76.7 Å². The number of fused-ring (bicyclic) bond motifs is 22. The van der Waals surface area contributed by atoms with Gasteiger partial charge in [-0.1, -0.05) is 190 Å². The summed E-state index contributed by atoms with van der Waals surface area (Å²) in [5, 5.41) is 17.8. The second-order valence-electron chi connectivity index (χ2n) is 48.8. The Balaban J connectivity index is 0.000000472. The van der Waals surface area contributed by atoms with E-state index >= 15 is 0 Å². The molecule has 0 unspecified atom stereocenters. The highest BCUT2D eigenvalue weighted by Gasteiger charge is 2.53. The number of ether oxygens (including phenoxy) is 2. The number of quaternary nitrogens is 2. The molecule has 2 saturated heterocycles. The molecule has 20 heteroatoms. The van der Waals surface area contributed by atoms with Crippen molar-refractivity contribution in [3.63, 3.8) is 0 Å². The first-order valence-electron chi connectivity index (χ1n) is 51.5. The first-order valence-corrected chi connectivity index (χ1v) is 51.5. The molecule has 18 nitrogen and oxygen atoms in total. The molecule has 0 radical (unpaired) electrons. The van der Waals surface area contributed by atoms with Crippen LogP contribution in [0.2, 0.25) is 0 Å². The van der Waals surface area contributed by atoms with Gasteiger partial charge in [-0.3, -0.25) is 19.9 Å². The van der Waals surface area contributed by atoms with Gasteiger partial charge in [0.1, 0.15) is 12.1 Å². The standard InChI is InChI=1S/C100H104B2N4O8.2C7H16NO.2C4H10O/c1-93(2,3)61-25-29-85-73(45-61)77-53-65(97(13,14)15)49-69-57-33-37-103-81(41-57)82-43-59(35-39-104-82)71-51-67(99(19,20)21)55-79-75-47-63(95(7,8)9)27-31-87(75)109-102(113-91(71)79)110-88-32-28-64(96(10,11)12)48-76(88)80-56-68(100(22,23)24)52-72(92(80)114-102)60-36-40-106-84(44-60)83-42-58(34-38-105-83)70-50-66(98(16,17)18)54-78-74-46-62(94(4,5)6)26-30-86(74)108-101(107-85,111-89(69)77)112-90(70)78;2*1-8(2)5-3-4-7(8)6-9;2*1-3-5-4-2/h25-56H,1-24H3;2*7,9H,3-6H2,1-2H3;2*3-4H2,1-2H3/q-2;2*+1;;/t;2*7-;;/m.11../s1. The SMILES string of the molecule is CC(C)(C)c1ccc2c(c1)-c1cc(C(C)(C)C)cc3c1O[B-]1(O2)Oc2ccc(C(C)(C)C)cc2-c2cc(C(C)(C)C)cc(c2O1)-c1ccnc(c1)-c1cc(ccn1)-c1cc(C(C)(C)C)cc2c1O[B-]1(Oc4ccc(C(C)(C)C)cc4-c4cc(C(C)(C)C)cc(c4O1)-c1ccnc(c1)-c1cc-3ccn1)Oc1ccc(C(C)(C)C)cc1-2.CCOCC.CCOCC.C[N+]1(C)CCC[C@@H]1CO.C[N+]1(C)CCC[C@@H]1CO. The molecule has 0 amide bonds. The molecule has 142 heavy (non-hydrogen) atoms. The third kappa shape index (κ3) is 22.3. The average Bonchev–Trinajstić information content (AvgIpc) is 1.56. The second kappa shape index (κ2) is 39.6. The number of hydrogen-bond acceptors (Lipinski definition) is 16. The van der Waals surface area contributed by atoms with Crippen molar-refractivity contribution in [2.45, 2.75) is 275 Å². The Morgan fingerprint density at radius 1 is 0.268 bits per heavy atom. The Labute approximate surface area is 847 Å². The lowest BCUT2D eigenvalue weighted by atomic mass is 9.81. The molecule has 4 aromatic heterocycles. The van der Waals surface area contributed by atoms with Crippen LogP contribution in [-0.2, 0) is 52.8 Å². The summed E-state index contributed by atoms with van der Waals surface area (Å²) >= 11 is 0. The van der Waals surface area contributed by atoms with E-state index in [9.17, 15) is 0 Å². The van der Waals surface area contributed by atoms with Gasteiger partial charge in [-0.15, -0.1) is 0 Å². The lowest BCUT2D eigenvalue weighted by Gasteiger charge is -2.41. The molecule has 2 atom stereocenters. The van der Waals surface area contributed by atoms with Crippen LogP contribution in [0.1, 0.15) is 264 Å². The molecule has 0 aliphatic carbocycles. The van der Waals surface area contributed by atoms with Gasteiger partial charge in [-0.2, -0.15) is 0 Å². The summed E-state index contributed by atoms with van der Waals surface area (Å²) < 4.78 is 74.2. The maximum absolute atomic E-state index is 8.89. The molecule has 752 valence electrons. The van der Waals surface area contributed by atoms with Crippen molar-refractivity contribution in [2.75, 3.05) is 80.9 Å². The average molecular weight is 1920 g/mol. The first-order chi connectivity index (χ1) is 66.5. The van der Waals surface area contributed by atoms with Crippen LogP contribution in [0.15, 0.2) is 195 Å². The van der Waals surface area contributed by atoms with Crippen LogP contribution in [0.4, 0.5) is 0 Å². The van der Waals surface area contributed by atoms with Crippen LogP contribution < -0.4 is 37.2 Å². The number of rotatable bonds is 6. The zero-order chi connectivity index (χ0) is 103. The maximum atomic E-state index is 8.89. The predicted molar refractivity (Wildman–Crippen MR) is 583 cm³/mol. The molecule has 0 saturated carbocycles. The molecule has 12 aromatic rings. The van der Waals surface area contributed by atoms with Crippen LogP contribution in [0.25, 0.3) is 112 Å². The van der Waals surface area contributed by atoms with Crippen molar-refractivity contribution >= 4 is 13.9 Å². The van der Waals surface area contributed by atoms with Gasteiger partial charge in [0.2, 0.25) is 0 Å². The van der Waals surface area contributed by atoms with E-state index in [2.05, 4.69) is 340 Å². The number of benzene rings is 8. The third-order valence-electron chi connectivity index (χ3n) is 29.1. The normalized spacial score (nSPS) is 16.8. The van der Waals surface area contributed by atoms with Crippen molar-refractivity contribution < 1.29 is 65.9 Å². The topological polar surface area (TPSA) is 184 Å². The van der Waals surface area contributed by atoms with Crippen molar-refractivity contribution in [1.82, 2.24) is 19.9 Å². The largest absolute Gasteiger partial charge is 0.777 e. The van der Waals surface area contributed by atoms with E-state index in [4.69, 9.17) is 76.9 Å². The molecule has 19 rings (SSSR count). The Kier molecular flexibility index (Phi) is 29.3. The zero-order valence-corrected chi connectivity index (χ0v) is 90.9. The quantitative estimate of drug-likeness (QED) is 0.118. The Hall–Kier alpha value is -11.4. The number of pyridine rings is 4. The van der Waals surface area contributed by atoms with Crippen LogP contribution >= 0.6 is 0 Å². The third-order valence-corrected chi connectivity index (χ3v) is 29.1. The zero-order valence-electron chi connectivity index (χ0n) is 90.9. The number of aliphatic hydroxyl groups excluding tert-OH is 2. The summed E-state index contributed by atoms with van der Waals surface area (Å²) in [7, 11) is 8.75. The number of hydrogen-bond donors (Lipinski definition) is 2. The number of likely N-dealkylation sites (tertiary alicyclic amines) is 2. The van der Waals surface area contributed by atoms with E-state index in [1.165, 1.54) is 38.8 Å². The number of aliphatic hydroxyl groups is 2. The van der Waals surface area contributed by atoms with Gasteiger partial charge in [0.05, 0.1) is 123 Å². The lowest BCUT2D eigenvalue weighted by Crippen LogP contribution is -2.60. The summed E-state index contributed by atoms with van der Waals surface area (Å²) in [4.78, 5) is 20.9.